The first kappa shape index (κ1) is 25.5. The number of nitrogens with one attached hydrogen (secondary N) is 1. The maximum absolute atomic E-state index is 12.7. The Labute approximate surface area is 221 Å². The quantitative estimate of drug-likeness (QED) is 0.205. The third-order valence-electron chi connectivity index (χ3n) is 5.89. The molecule has 0 aliphatic heterocycles. The standard InChI is InChI=1S/C29H27Cl2N3O2/c1-18-12-22(13-19(2)28(18)36-17-24-10-11-25(30)15-27(24)31)16-32-33-29(35)23-6-5-7-26(14-23)34-20(3)8-9-21(34)4/h5-16H,17H2,1-4H3,(H,33,35)/b32-16-. The summed E-state index contributed by atoms with van der Waals surface area (Å²) in [5, 5.41) is 5.33. The van der Waals surface area contributed by atoms with Gasteiger partial charge in [0.25, 0.3) is 5.91 Å². The Kier molecular flexibility index (Phi) is 7.82. The first-order valence-electron chi connectivity index (χ1n) is 11.5. The summed E-state index contributed by atoms with van der Waals surface area (Å²) in [6.07, 6.45) is 1.63. The van der Waals surface area contributed by atoms with Gasteiger partial charge in [0, 0.05) is 38.2 Å². The Balaban J connectivity index is 1.42. The molecule has 0 aliphatic rings. The minimum absolute atomic E-state index is 0.274. The number of nitrogens with zero attached hydrogens (tertiary/aromatic N) is 2. The van der Waals surface area contributed by atoms with Crippen molar-refractivity contribution in [3.63, 3.8) is 0 Å². The van der Waals surface area contributed by atoms with E-state index in [0.717, 1.165) is 45.1 Å². The summed E-state index contributed by atoms with van der Waals surface area (Å²) in [5.41, 5.74) is 9.95. The van der Waals surface area contributed by atoms with Gasteiger partial charge in [0.05, 0.1) is 6.21 Å². The van der Waals surface area contributed by atoms with Crippen LogP contribution in [-0.2, 0) is 6.61 Å². The molecule has 3 aromatic carbocycles. The smallest absolute Gasteiger partial charge is 0.271 e. The van der Waals surface area contributed by atoms with Crippen LogP contribution in [0.3, 0.4) is 0 Å². The van der Waals surface area contributed by atoms with Crippen molar-refractivity contribution in [1.82, 2.24) is 9.99 Å². The molecular formula is C29H27Cl2N3O2. The normalized spacial score (nSPS) is 11.2. The lowest BCUT2D eigenvalue weighted by molar-refractivity contribution is 0.0955. The van der Waals surface area contributed by atoms with Gasteiger partial charge in [0.2, 0.25) is 0 Å². The molecule has 1 N–H and O–H groups in total. The minimum atomic E-state index is -0.274. The number of amides is 1. The number of aryl methyl sites for hydroxylation is 4. The number of carbonyl (C=O) groups is 1. The van der Waals surface area contributed by atoms with Crippen molar-refractivity contribution in [3.05, 3.63) is 116 Å². The summed E-state index contributed by atoms with van der Waals surface area (Å²) in [5.74, 6) is 0.512. The molecule has 5 nitrogen and oxygen atoms in total. The van der Waals surface area contributed by atoms with Crippen molar-refractivity contribution in [2.45, 2.75) is 34.3 Å². The molecule has 0 radical (unpaired) electrons. The predicted octanol–water partition coefficient (Wildman–Crippen LogP) is 7.36. The summed E-state index contributed by atoms with van der Waals surface area (Å²) >= 11 is 12.2. The number of aromatic nitrogens is 1. The van der Waals surface area contributed by atoms with E-state index in [1.54, 1.807) is 24.4 Å². The van der Waals surface area contributed by atoms with Gasteiger partial charge in [-0.3, -0.25) is 4.79 Å². The fourth-order valence-corrected chi connectivity index (χ4v) is 4.63. The molecule has 7 heteroatoms. The summed E-state index contributed by atoms with van der Waals surface area (Å²) in [7, 11) is 0. The zero-order chi connectivity index (χ0) is 25.8. The molecule has 0 aliphatic carbocycles. The van der Waals surface area contributed by atoms with E-state index in [4.69, 9.17) is 27.9 Å². The largest absolute Gasteiger partial charge is 0.488 e. The fourth-order valence-electron chi connectivity index (χ4n) is 4.17. The Hall–Kier alpha value is -3.54. The van der Waals surface area contributed by atoms with E-state index < -0.39 is 0 Å². The highest BCUT2D eigenvalue weighted by molar-refractivity contribution is 6.35. The third kappa shape index (κ3) is 5.81. The molecular weight excluding hydrogens is 493 g/mol. The average molecular weight is 520 g/mol. The predicted molar refractivity (Wildman–Crippen MR) is 147 cm³/mol. The molecule has 184 valence electrons. The number of halogens is 2. The molecule has 0 bridgehead atoms. The number of benzene rings is 3. The van der Waals surface area contributed by atoms with Crippen LogP contribution in [0.2, 0.25) is 10.0 Å². The average Bonchev–Trinajstić information content (AvgIpc) is 3.17. The maximum atomic E-state index is 12.7. The Morgan fingerprint density at radius 3 is 2.31 bits per heavy atom. The van der Waals surface area contributed by atoms with Gasteiger partial charge in [0.1, 0.15) is 12.4 Å². The van der Waals surface area contributed by atoms with Crippen LogP contribution in [0, 0.1) is 27.7 Å². The highest BCUT2D eigenvalue weighted by Crippen LogP contribution is 2.27. The fraction of sp³-hybridized carbons (Fsp3) is 0.172. The Morgan fingerprint density at radius 1 is 0.944 bits per heavy atom. The second-order valence-electron chi connectivity index (χ2n) is 8.71. The number of hydrazone groups is 1. The van der Waals surface area contributed by atoms with Crippen LogP contribution in [0.1, 0.15) is 44.0 Å². The molecule has 1 aromatic heterocycles. The van der Waals surface area contributed by atoms with E-state index in [9.17, 15) is 4.79 Å². The van der Waals surface area contributed by atoms with E-state index in [1.807, 2.05) is 64.1 Å². The summed E-state index contributed by atoms with van der Waals surface area (Å²) in [6, 6.07) is 20.9. The number of ether oxygens (including phenoxy) is 1. The molecule has 0 saturated heterocycles. The number of hydrogen-bond donors (Lipinski definition) is 1. The van der Waals surface area contributed by atoms with Crippen molar-refractivity contribution in [1.29, 1.82) is 0 Å². The first-order chi connectivity index (χ1) is 17.2. The van der Waals surface area contributed by atoms with E-state index in [2.05, 4.69) is 27.2 Å². The van der Waals surface area contributed by atoms with Crippen LogP contribution in [-0.4, -0.2) is 16.7 Å². The summed E-state index contributed by atoms with van der Waals surface area (Å²) in [6.45, 7) is 8.35. The van der Waals surface area contributed by atoms with Gasteiger partial charge < -0.3 is 9.30 Å². The zero-order valence-corrected chi connectivity index (χ0v) is 22.1. The molecule has 1 amide bonds. The van der Waals surface area contributed by atoms with Gasteiger partial charge in [-0.05, 0) is 99.0 Å². The van der Waals surface area contributed by atoms with Gasteiger partial charge in [-0.2, -0.15) is 5.10 Å². The SMILES string of the molecule is Cc1cc(/C=N\NC(=O)c2cccc(-n3c(C)ccc3C)c2)cc(C)c1OCc1ccc(Cl)cc1Cl. The van der Waals surface area contributed by atoms with Crippen LogP contribution < -0.4 is 10.2 Å². The monoisotopic (exact) mass is 519 g/mol. The molecule has 0 atom stereocenters. The van der Waals surface area contributed by atoms with Crippen LogP contribution in [0.5, 0.6) is 5.75 Å². The lowest BCUT2D eigenvalue weighted by Crippen LogP contribution is -2.18. The Bertz CT molecular complexity index is 1410. The molecule has 0 saturated carbocycles. The second-order valence-corrected chi connectivity index (χ2v) is 9.55. The molecule has 0 unspecified atom stereocenters. The van der Waals surface area contributed by atoms with Gasteiger partial charge in [-0.25, -0.2) is 5.43 Å². The Morgan fingerprint density at radius 2 is 1.64 bits per heavy atom. The highest BCUT2D eigenvalue weighted by atomic mass is 35.5. The maximum Gasteiger partial charge on any atom is 0.271 e. The van der Waals surface area contributed by atoms with Gasteiger partial charge in [-0.1, -0.05) is 35.3 Å². The van der Waals surface area contributed by atoms with Crippen molar-refractivity contribution < 1.29 is 9.53 Å². The van der Waals surface area contributed by atoms with Crippen molar-refractivity contribution in [2.24, 2.45) is 5.10 Å². The topological polar surface area (TPSA) is 55.6 Å². The van der Waals surface area contributed by atoms with Crippen LogP contribution >= 0.6 is 23.2 Å². The molecule has 36 heavy (non-hydrogen) atoms. The number of rotatable bonds is 7. The van der Waals surface area contributed by atoms with Gasteiger partial charge in [-0.15, -0.1) is 0 Å². The van der Waals surface area contributed by atoms with E-state index >= 15 is 0 Å². The van der Waals surface area contributed by atoms with Crippen LogP contribution in [0.25, 0.3) is 5.69 Å². The van der Waals surface area contributed by atoms with Crippen LogP contribution in [0.15, 0.2) is 71.8 Å². The van der Waals surface area contributed by atoms with Gasteiger partial charge in [0.15, 0.2) is 0 Å². The van der Waals surface area contributed by atoms with E-state index in [-0.39, 0.29) is 5.91 Å². The van der Waals surface area contributed by atoms with Crippen molar-refractivity contribution in [3.8, 4) is 11.4 Å². The van der Waals surface area contributed by atoms with Crippen molar-refractivity contribution >= 4 is 35.3 Å². The lowest BCUT2D eigenvalue weighted by Gasteiger charge is -2.14. The third-order valence-corrected chi connectivity index (χ3v) is 6.47. The van der Waals surface area contributed by atoms with Gasteiger partial charge >= 0.3 is 0 Å². The summed E-state index contributed by atoms with van der Waals surface area (Å²) < 4.78 is 8.15. The van der Waals surface area contributed by atoms with E-state index in [1.165, 1.54) is 0 Å². The minimum Gasteiger partial charge on any atom is -0.488 e. The number of hydrogen-bond acceptors (Lipinski definition) is 3. The molecule has 1 heterocycles. The lowest BCUT2D eigenvalue weighted by atomic mass is 10.1. The van der Waals surface area contributed by atoms with Crippen LogP contribution in [0.4, 0.5) is 0 Å². The van der Waals surface area contributed by atoms with E-state index in [0.29, 0.717) is 22.2 Å². The second kappa shape index (κ2) is 11.0. The highest BCUT2D eigenvalue weighted by Gasteiger charge is 2.10. The molecule has 4 rings (SSSR count). The summed E-state index contributed by atoms with van der Waals surface area (Å²) in [4.78, 5) is 12.7. The molecule has 4 aromatic rings. The molecule has 0 spiro atoms. The van der Waals surface area contributed by atoms with Crippen molar-refractivity contribution in [2.75, 3.05) is 0 Å². The first-order valence-corrected chi connectivity index (χ1v) is 12.3. The zero-order valence-electron chi connectivity index (χ0n) is 20.6. The number of carbonyl (C=O) groups excluding carboxylic acids is 1. The molecule has 0 fully saturated rings.